The van der Waals surface area contributed by atoms with Crippen molar-refractivity contribution in [3.63, 3.8) is 0 Å². The summed E-state index contributed by atoms with van der Waals surface area (Å²) in [7, 11) is 1.82. The van der Waals surface area contributed by atoms with Gasteiger partial charge in [0.25, 0.3) is 0 Å². The van der Waals surface area contributed by atoms with Crippen LogP contribution in [0.2, 0.25) is 0 Å². The number of thioether (sulfide) groups is 1. The SMILES string of the molecule is CN=C(NCc1scnc1C)NCC1(C)CCCS1.I. The number of aromatic nitrogens is 1. The molecule has 7 heteroatoms. The number of thiazole rings is 1. The molecule has 114 valence electrons. The van der Waals surface area contributed by atoms with Crippen molar-refractivity contribution in [2.24, 2.45) is 4.99 Å². The number of hydrogen-bond donors (Lipinski definition) is 2. The summed E-state index contributed by atoms with van der Waals surface area (Å²) in [6, 6.07) is 0. The monoisotopic (exact) mass is 426 g/mol. The number of guanidine groups is 1. The lowest BCUT2D eigenvalue weighted by molar-refractivity contribution is 0.584. The third-order valence-corrected chi connectivity index (χ3v) is 5.89. The smallest absolute Gasteiger partial charge is 0.191 e. The van der Waals surface area contributed by atoms with Crippen molar-refractivity contribution in [3.05, 3.63) is 16.1 Å². The number of nitrogens with zero attached hydrogens (tertiary/aromatic N) is 2. The highest BCUT2D eigenvalue weighted by molar-refractivity contribution is 14.0. The minimum atomic E-state index is 0. The van der Waals surface area contributed by atoms with Gasteiger partial charge in [0.15, 0.2) is 5.96 Å². The predicted molar refractivity (Wildman–Crippen MR) is 101 cm³/mol. The first kappa shape index (κ1) is 18.0. The molecule has 20 heavy (non-hydrogen) atoms. The Balaban J connectivity index is 0.00000200. The van der Waals surface area contributed by atoms with Gasteiger partial charge in [-0.3, -0.25) is 4.99 Å². The van der Waals surface area contributed by atoms with Crippen molar-refractivity contribution in [1.29, 1.82) is 0 Å². The molecular formula is C13H23IN4S2. The quantitative estimate of drug-likeness (QED) is 0.442. The first-order valence-electron chi connectivity index (χ1n) is 6.60. The van der Waals surface area contributed by atoms with Gasteiger partial charge in [0.05, 0.1) is 17.7 Å². The topological polar surface area (TPSA) is 49.3 Å². The Hall–Kier alpha value is -0.0200. The second-order valence-electron chi connectivity index (χ2n) is 5.04. The molecule has 0 saturated carbocycles. The van der Waals surface area contributed by atoms with Crippen LogP contribution in [0.3, 0.4) is 0 Å². The van der Waals surface area contributed by atoms with Crippen LogP contribution in [-0.4, -0.2) is 35.0 Å². The molecule has 1 unspecified atom stereocenters. The number of halogens is 1. The van der Waals surface area contributed by atoms with Crippen molar-refractivity contribution in [1.82, 2.24) is 15.6 Å². The number of hydrogen-bond acceptors (Lipinski definition) is 4. The average molecular weight is 426 g/mol. The maximum absolute atomic E-state index is 4.28. The summed E-state index contributed by atoms with van der Waals surface area (Å²) in [5.41, 5.74) is 2.99. The molecule has 0 spiro atoms. The van der Waals surface area contributed by atoms with E-state index in [2.05, 4.69) is 39.3 Å². The summed E-state index contributed by atoms with van der Waals surface area (Å²) in [5, 5.41) is 6.79. The van der Waals surface area contributed by atoms with E-state index in [0.29, 0.717) is 4.75 Å². The molecule has 2 rings (SSSR count). The Kier molecular flexibility index (Phi) is 7.60. The molecule has 1 aliphatic heterocycles. The van der Waals surface area contributed by atoms with Gasteiger partial charge in [0, 0.05) is 23.2 Å². The summed E-state index contributed by atoms with van der Waals surface area (Å²) in [5.74, 6) is 2.16. The summed E-state index contributed by atoms with van der Waals surface area (Å²) < 4.78 is 0.359. The Morgan fingerprint density at radius 2 is 2.30 bits per heavy atom. The largest absolute Gasteiger partial charge is 0.355 e. The van der Waals surface area contributed by atoms with Gasteiger partial charge in [-0.1, -0.05) is 0 Å². The number of rotatable bonds is 4. The van der Waals surface area contributed by atoms with Crippen LogP contribution in [0.15, 0.2) is 10.5 Å². The minimum absolute atomic E-state index is 0. The third kappa shape index (κ3) is 5.07. The summed E-state index contributed by atoms with van der Waals surface area (Å²) >= 11 is 3.75. The van der Waals surface area contributed by atoms with Crippen molar-refractivity contribution in [2.75, 3.05) is 19.3 Å². The van der Waals surface area contributed by atoms with E-state index in [9.17, 15) is 0 Å². The average Bonchev–Trinajstić information content (AvgIpc) is 3.00. The van der Waals surface area contributed by atoms with Crippen LogP contribution in [-0.2, 0) is 6.54 Å². The molecule has 0 radical (unpaired) electrons. The van der Waals surface area contributed by atoms with E-state index in [4.69, 9.17) is 0 Å². The van der Waals surface area contributed by atoms with Gasteiger partial charge in [0.1, 0.15) is 0 Å². The van der Waals surface area contributed by atoms with Crippen LogP contribution in [0.25, 0.3) is 0 Å². The van der Waals surface area contributed by atoms with Crippen LogP contribution in [0.1, 0.15) is 30.3 Å². The highest BCUT2D eigenvalue weighted by Crippen LogP contribution is 2.36. The first-order valence-corrected chi connectivity index (χ1v) is 8.47. The highest BCUT2D eigenvalue weighted by Gasteiger charge is 2.29. The molecule has 1 fully saturated rings. The molecule has 0 amide bonds. The normalized spacial score (nSPS) is 22.4. The van der Waals surface area contributed by atoms with Crippen molar-refractivity contribution in [3.8, 4) is 0 Å². The van der Waals surface area contributed by atoms with E-state index in [1.165, 1.54) is 23.5 Å². The van der Waals surface area contributed by atoms with Crippen LogP contribution < -0.4 is 10.6 Å². The second-order valence-corrected chi connectivity index (χ2v) is 7.66. The molecule has 0 aliphatic carbocycles. The van der Waals surface area contributed by atoms with Gasteiger partial charge in [-0.25, -0.2) is 4.98 Å². The summed E-state index contributed by atoms with van der Waals surface area (Å²) in [6.45, 7) is 6.14. The zero-order valence-corrected chi connectivity index (χ0v) is 16.2. The Bertz CT molecular complexity index is 441. The lowest BCUT2D eigenvalue weighted by Crippen LogP contribution is -2.43. The van der Waals surface area contributed by atoms with E-state index in [0.717, 1.165) is 24.7 Å². The van der Waals surface area contributed by atoms with Gasteiger partial charge in [-0.2, -0.15) is 11.8 Å². The maximum Gasteiger partial charge on any atom is 0.191 e. The van der Waals surface area contributed by atoms with Gasteiger partial charge in [-0.05, 0) is 32.4 Å². The molecule has 1 saturated heterocycles. The van der Waals surface area contributed by atoms with Crippen LogP contribution in [0.4, 0.5) is 0 Å². The zero-order valence-electron chi connectivity index (χ0n) is 12.2. The van der Waals surface area contributed by atoms with E-state index in [1.54, 1.807) is 11.3 Å². The zero-order chi connectivity index (χ0) is 13.7. The van der Waals surface area contributed by atoms with Crippen LogP contribution in [0.5, 0.6) is 0 Å². The highest BCUT2D eigenvalue weighted by atomic mass is 127. The van der Waals surface area contributed by atoms with Crippen molar-refractivity contribution >= 4 is 53.0 Å². The molecule has 1 aliphatic rings. The van der Waals surface area contributed by atoms with Gasteiger partial charge < -0.3 is 10.6 Å². The van der Waals surface area contributed by atoms with E-state index in [-0.39, 0.29) is 24.0 Å². The number of nitrogens with one attached hydrogen (secondary N) is 2. The number of aliphatic imine (C=N–C) groups is 1. The molecule has 1 atom stereocenters. The molecule has 1 aromatic heterocycles. The standard InChI is InChI=1S/C13H22N4S2.HI/c1-10-11(18-9-17-10)7-15-12(14-3)16-8-13(2)5-4-6-19-13;/h9H,4-8H2,1-3H3,(H2,14,15,16);1H. The van der Waals surface area contributed by atoms with Gasteiger partial charge in [0.2, 0.25) is 0 Å². The predicted octanol–water partition coefficient (Wildman–Crippen LogP) is 3.02. The molecule has 0 aromatic carbocycles. The molecule has 0 bridgehead atoms. The van der Waals surface area contributed by atoms with Crippen molar-refractivity contribution in [2.45, 2.75) is 38.0 Å². The van der Waals surface area contributed by atoms with E-state index < -0.39 is 0 Å². The van der Waals surface area contributed by atoms with Gasteiger partial charge >= 0.3 is 0 Å². The first-order chi connectivity index (χ1) is 9.13. The van der Waals surface area contributed by atoms with Crippen LogP contribution >= 0.6 is 47.1 Å². The van der Waals surface area contributed by atoms with E-state index >= 15 is 0 Å². The molecule has 4 nitrogen and oxygen atoms in total. The maximum atomic E-state index is 4.28. The van der Waals surface area contributed by atoms with E-state index in [1.807, 2.05) is 19.5 Å². The summed E-state index contributed by atoms with van der Waals surface area (Å²) in [4.78, 5) is 9.80. The Morgan fingerprint density at radius 3 is 2.85 bits per heavy atom. The fourth-order valence-electron chi connectivity index (χ4n) is 2.13. The lowest BCUT2D eigenvalue weighted by Gasteiger charge is -2.24. The fourth-order valence-corrected chi connectivity index (χ4v) is 4.09. The minimum Gasteiger partial charge on any atom is -0.355 e. The summed E-state index contributed by atoms with van der Waals surface area (Å²) in [6.07, 6.45) is 2.62. The van der Waals surface area contributed by atoms with Crippen LogP contribution in [0, 0.1) is 6.92 Å². The Morgan fingerprint density at radius 1 is 1.50 bits per heavy atom. The second kappa shape index (κ2) is 8.43. The lowest BCUT2D eigenvalue weighted by atomic mass is 10.1. The molecule has 1 aromatic rings. The third-order valence-electron chi connectivity index (χ3n) is 3.42. The van der Waals surface area contributed by atoms with Crippen molar-refractivity contribution < 1.29 is 0 Å². The fraction of sp³-hybridized carbons (Fsp3) is 0.692. The molecular weight excluding hydrogens is 403 g/mol. The number of aryl methyl sites for hydroxylation is 1. The van der Waals surface area contributed by atoms with Gasteiger partial charge in [-0.15, -0.1) is 35.3 Å². The molecule has 2 heterocycles. The Labute approximate surface area is 146 Å². The molecule has 2 N–H and O–H groups in total.